The van der Waals surface area contributed by atoms with Gasteiger partial charge in [-0.3, -0.25) is 4.79 Å². The van der Waals surface area contributed by atoms with Gasteiger partial charge in [-0.25, -0.2) is 9.48 Å². The first-order valence-corrected chi connectivity index (χ1v) is 9.83. The number of hydrogen-bond donors (Lipinski definition) is 1. The number of carbonyl (C=O) groups is 2. The van der Waals surface area contributed by atoms with Gasteiger partial charge in [0.05, 0.1) is 11.4 Å². The molecule has 0 fully saturated rings. The lowest BCUT2D eigenvalue weighted by Crippen LogP contribution is -2.20. The number of hydrogen-bond acceptors (Lipinski definition) is 4. The van der Waals surface area contributed by atoms with Crippen molar-refractivity contribution in [2.24, 2.45) is 0 Å². The number of aryl methyl sites for hydroxylation is 2. The molecule has 0 saturated carbocycles. The maximum Gasteiger partial charge on any atom is 0.331 e. The summed E-state index contributed by atoms with van der Waals surface area (Å²) in [4.78, 5) is 24.0. The van der Waals surface area contributed by atoms with Crippen molar-refractivity contribution in [1.29, 1.82) is 0 Å². The normalized spacial score (nSPS) is 10.9. The first-order valence-electron chi connectivity index (χ1n) is 9.83. The summed E-state index contributed by atoms with van der Waals surface area (Å²) in [6.45, 7) is 5.54. The Kier molecular flexibility index (Phi) is 6.80. The van der Waals surface area contributed by atoms with Gasteiger partial charge in [0, 0.05) is 23.0 Å². The van der Waals surface area contributed by atoms with Gasteiger partial charge in [0.25, 0.3) is 5.91 Å². The number of esters is 1. The van der Waals surface area contributed by atoms with E-state index in [9.17, 15) is 9.59 Å². The summed E-state index contributed by atoms with van der Waals surface area (Å²) in [5, 5.41) is 7.25. The van der Waals surface area contributed by atoms with Gasteiger partial charge in [-0.1, -0.05) is 37.3 Å². The first-order chi connectivity index (χ1) is 14.5. The smallest absolute Gasteiger partial charge is 0.331 e. The van der Waals surface area contributed by atoms with E-state index in [0.29, 0.717) is 5.69 Å². The van der Waals surface area contributed by atoms with Crippen molar-refractivity contribution in [3.63, 3.8) is 0 Å². The molecule has 0 bridgehead atoms. The number of benzene rings is 2. The zero-order valence-electron chi connectivity index (χ0n) is 17.4. The van der Waals surface area contributed by atoms with Gasteiger partial charge in [0.2, 0.25) is 0 Å². The van der Waals surface area contributed by atoms with Crippen LogP contribution < -0.4 is 5.32 Å². The van der Waals surface area contributed by atoms with E-state index < -0.39 is 5.97 Å². The molecule has 6 nitrogen and oxygen atoms in total. The van der Waals surface area contributed by atoms with Gasteiger partial charge in [0.15, 0.2) is 6.61 Å². The molecule has 3 rings (SSSR count). The summed E-state index contributed by atoms with van der Waals surface area (Å²) >= 11 is 0. The van der Waals surface area contributed by atoms with E-state index in [0.717, 1.165) is 29.1 Å². The Morgan fingerprint density at radius 3 is 2.43 bits per heavy atom. The monoisotopic (exact) mass is 403 g/mol. The van der Waals surface area contributed by atoms with E-state index in [1.807, 2.05) is 73.1 Å². The Balaban J connectivity index is 1.57. The topological polar surface area (TPSA) is 73.2 Å². The van der Waals surface area contributed by atoms with Crippen LogP contribution in [-0.4, -0.2) is 28.3 Å². The number of rotatable bonds is 7. The van der Waals surface area contributed by atoms with Crippen LogP contribution in [0.4, 0.5) is 5.69 Å². The minimum Gasteiger partial charge on any atom is -0.452 e. The fourth-order valence-electron chi connectivity index (χ4n) is 3.07. The molecule has 0 aliphatic heterocycles. The summed E-state index contributed by atoms with van der Waals surface area (Å²) in [6, 6.07) is 17.3. The molecule has 1 aromatic heterocycles. The molecule has 0 aliphatic rings. The third-order valence-electron chi connectivity index (χ3n) is 4.73. The Bertz CT molecular complexity index is 1050. The molecule has 0 radical (unpaired) electrons. The van der Waals surface area contributed by atoms with Crippen LogP contribution in [0.15, 0.2) is 60.7 Å². The molecule has 0 aliphatic carbocycles. The van der Waals surface area contributed by atoms with Crippen LogP contribution in [0.2, 0.25) is 0 Å². The molecule has 30 heavy (non-hydrogen) atoms. The van der Waals surface area contributed by atoms with Crippen molar-refractivity contribution in [2.45, 2.75) is 27.2 Å². The number of para-hydroxylation sites is 1. The highest BCUT2D eigenvalue weighted by atomic mass is 16.5. The molecule has 0 saturated heterocycles. The van der Waals surface area contributed by atoms with Crippen molar-refractivity contribution in [2.75, 3.05) is 11.9 Å². The molecular formula is C24H25N3O3. The van der Waals surface area contributed by atoms with E-state index in [1.54, 1.807) is 6.08 Å². The third-order valence-corrected chi connectivity index (χ3v) is 4.73. The lowest BCUT2D eigenvalue weighted by atomic mass is 10.1. The van der Waals surface area contributed by atoms with Gasteiger partial charge >= 0.3 is 5.97 Å². The first kappa shape index (κ1) is 21.0. The predicted molar refractivity (Wildman–Crippen MR) is 117 cm³/mol. The van der Waals surface area contributed by atoms with Crippen LogP contribution in [-0.2, 0) is 20.7 Å². The number of anilines is 1. The number of nitrogens with one attached hydrogen (secondary N) is 1. The van der Waals surface area contributed by atoms with Crippen molar-refractivity contribution < 1.29 is 14.3 Å². The van der Waals surface area contributed by atoms with Crippen molar-refractivity contribution in [1.82, 2.24) is 9.78 Å². The molecule has 3 aromatic rings. The van der Waals surface area contributed by atoms with Gasteiger partial charge in [-0.15, -0.1) is 0 Å². The molecule has 1 N–H and O–H groups in total. The van der Waals surface area contributed by atoms with Crippen molar-refractivity contribution >= 4 is 23.6 Å². The Morgan fingerprint density at radius 1 is 1.07 bits per heavy atom. The van der Waals surface area contributed by atoms with Crippen molar-refractivity contribution in [3.05, 3.63) is 83.2 Å². The van der Waals surface area contributed by atoms with E-state index in [2.05, 4.69) is 17.3 Å². The minimum absolute atomic E-state index is 0.347. The molecular weight excluding hydrogens is 378 g/mol. The molecule has 0 spiro atoms. The van der Waals surface area contributed by atoms with Gasteiger partial charge in [-0.05, 0) is 56.2 Å². The average Bonchev–Trinajstić information content (AvgIpc) is 3.05. The van der Waals surface area contributed by atoms with E-state index in [-0.39, 0.29) is 12.5 Å². The summed E-state index contributed by atoms with van der Waals surface area (Å²) < 4.78 is 6.88. The molecule has 1 heterocycles. The SMILES string of the molecule is CCc1ccc(NC(=O)COC(=O)/C=C/c2c(C)nn(-c3ccccc3)c2C)cc1. The van der Waals surface area contributed by atoms with E-state index in [1.165, 1.54) is 11.6 Å². The molecule has 154 valence electrons. The quantitative estimate of drug-likeness (QED) is 0.473. The molecule has 2 aromatic carbocycles. The van der Waals surface area contributed by atoms with E-state index in [4.69, 9.17) is 4.74 Å². The highest BCUT2D eigenvalue weighted by Gasteiger charge is 2.11. The molecule has 6 heteroatoms. The van der Waals surface area contributed by atoms with Crippen LogP contribution in [0.5, 0.6) is 0 Å². The van der Waals surface area contributed by atoms with Crippen LogP contribution >= 0.6 is 0 Å². The standard InChI is InChI=1S/C24H25N3O3/c1-4-19-10-12-20(13-11-19)25-23(28)16-30-24(29)15-14-22-17(2)26-27(18(22)3)21-8-6-5-7-9-21/h5-15H,4,16H2,1-3H3,(H,25,28)/b15-14+. The number of nitrogens with zero attached hydrogens (tertiary/aromatic N) is 2. The largest absolute Gasteiger partial charge is 0.452 e. The van der Waals surface area contributed by atoms with E-state index >= 15 is 0 Å². The summed E-state index contributed by atoms with van der Waals surface area (Å²) in [5.41, 5.74) is 5.36. The zero-order valence-corrected chi connectivity index (χ0v) is 17.4. The van der Waals surface area contributed by atoms with Crippen LogP contribution in [0.3, 0.4) is 0 Å². The van der Waals surface area contributed by atoms with Crippen LogP contribution in [0, 0.1) is 13.8 Å². The number of amides is 1. The lowest BCUT2D eigenvalue weighted by Gasteiger charge is -2.06. The molecule has 0 unspecified atom stereocenters. The number of carbonyl (C=O) groups excluding carboxylic acids is 2. The minimum atomic E-state index is -0.585. The third kappa shape index (κ3) is 5.23. The summed E-state index contributed by atoms with van der Waals surface area (Å²) in [7, 11) is 0. The zero-order chi connectivity index (χ0) is 21.5. The second-order valence-corrected chi connectivity index (χ2v) is 6.87. The van der Waals surface area contributed by atoms with Gasteiger partial charge in [0.1, 0.15) is 0 Å². The predicted octanol–water partition coefficient (Wildman–Crippen LogP) is 4.25. The maximum atomic E-state index is 12.0. The van der Waals surface area contributed by atoms with Crippen molar-refractivity contribution in [3.8, 4) is 5.69 Å². The maximum absolute atomic E-state index is 12.0. The van der Waals surface area contributed by atoms with Crippen LogP contribution in [0.1, 0.15) is 29.4 Å². The lowest BCUT2D eigenvalue weighted by molar-refractivity contribution is -0.142. The van der Waals surface area contributed by atoms with Crippen LogP contribution in [0.25, 0.3) is 11.8 Å². The Labute approximate surface area is 176 Å². The molecule has 0 atom stereocenters. The number of ether oxygens (including phenoxy) is 1. The highest BCUT2D eigenvalue weighted by Crippen LogP contribution is 2.19. The summed E-state index contributed by atoms with van der Waals surface area (Å²) in [5.74, 6) is -0.969. The fraction of sp³-hybridized carbons (Fsp3) is 0.208. The average molecular weight is 403 g/mol. The Morgan fingerprint density at radius 2 is 1.77 bits per heavy atom. The second kappa shape index (κ2) is 9.69. The highest BCUT2D eigenvalue weighted by molar-refractivity contribution is 5.94. The Hall–Kier alpha value is -3.67. The van der Waals surface area contributed by atoms with Gasteiger partial charge < -0.3 is 10.1 Å². The fourth-order valence-corrected chi connectivity index (χ4v) is 3.07. The summed E-state index contributed by atoms with van der Waals surface area (Å²) in [6.07, 6.45) is 3.91. The molecule has 1 amide bonds. The van der Waals surface area contributed by atoms with Gasteiger partial charge in [-0.2, -0.15) is 5.10 Å². The second-order valence-electron chi connectivity index (χ2n) is 6.87. The number of aromatic nitrogens is 2.